The zero-order valence-electron chi connectivity index (χ0n) is 11.8. The fourth-order valence-corrected chi connectivity index (χ4v) is 3.17. The van der Waals surface area contributed by atoms with Crippen LogP contribution in [-0.4, -0.2) is 46.8 Å². The van der Waals surface area contributed by atoms with E-state index in [4.69, 9.17) is 4.42 Å². The van der Waals surface area contributed by atoms with E-state index in [-0.39, 0.29) is 11.7 Å². The molecule has 2 aromatic rings. The normalized spacial score (nSPS) is 15.9. The van der Waals surface area contributed by atoms with Crippen LogP contribution in [0.15, 0.2) is 34.1 Å². The van der Waals surface area contributed by atoms with Crippen molar-refractivity contribution in [2.24, 2.45) is 0 Å². The Kier molecular flexibility index (Phi) is 4.21. The van der Waals surface area contributed by atoms with Gasteiger partial charge in [0.15, 0.2) is 5.76 Å². The van der Waals surface area contributed by atoms with Crippen molar-refractivity contribution >= 4 is 23.1 Å². The first-order chi connectivity index (χ1) is 10.6. The van der Waals surface area contributed by atoms with Crippen LogP contribution < -0.4 is 0 Å². The van der Waals surface area contributed by atoms with Crippen LogP contribution in [0, 0.1) is 10.1 Å². The van der Waals surface area contributed by atoms with Crippen molar-refractivity contribution in [3.63, 3.8) is 0 Å². The van der Waals surface area contributed by atoms with Crippen molar-refractivity contribution in [3.8, 4) is 0 Å². The van der Waals surface area contributed by atoms with E-state index in [1.807, 2.05) is 6.07 Å². The maximum atomic E-state index is 12.3. The van der Waals surface area contributed by atoms with E-state index >= 15 is 0 Å². The molecule has 7 nitrogen and oxygen atoms in total. The molecule has 3 rings (SSSR count). The molecule has 0 atom stereocenters. The molecule has 8 heteroatoms. The van der Waals surface area contributed by atoms with Crippen LogP contribution in [0.5, 0.6) is 0 Å². The van der Waals surface area contributed by atoms with E-state index in [2.05, 4.69) is 16.3 Å². The summed E-state index contributed by atoms with van der Waals surface area (Å²) in [6, 6.07) is 6.70. The molecule has 116 valence electrons. The number of nitrogens with zero attached hydrogens (tertiary/aromatic N) is 3. The molecule has 3 heterocycles. The van der Waals surface area contributed by atoms with Gasteiger partial charge in [-0.3, -0.25) is 19.8 Å². The minimum Gasteiger partial charge on any atom is -0.395 e. The summed E-state index contributed by atoms with van der Waals surface area (Å²) >= 11 is 1.72. The Balaban J connectivity index is 1.56. The summed E-state index contributed by atoms with van der Waals surface area (Å²) in [6.07, 6.45) is 0. The number of amides is 1. The van der Waals surface area contributed by atoms with Gasteiger partial charge >= 0.3 is 5.88 Å². The van der Waals surface area contributed by atoms with Crippen LogP contribution in [0.4, 0.5) is 5.88 Å². The monoisotopic (exact) mass is 321 g/mol. The lowest BCUT2D eigenvalue weighted by Gasteiger charge is -2.33. The largest absolute Gasteiger partial charge is 0.433 e. The predicted octanol–water partition coefficient (Wildman–Crippen LogP) is 2.21. The van der Waals surface area contributed by atoms with E-state index in [0.717, 1.165) is 19.6 Å². The molecule has 1 amide bonds. The highest BCUT2D eigenvalue weighted by molar-refractivity contribution is 7.09. The number of nitro groups is 1. The molecule has 1 fully saturated rings. The molecule has 0 spiro atoms. The first-order valence-electron chi connectivity index (χ1n) is 6.92. The summed E-state index contributed by atoms with van der Waals surface area (Å²) < 4.78 is 4.97. The Labute approximate surface area is 130 Å². The van der Waals surface area contributed by atoms with Crippen LogP contribution in [0.1, 0.15) is 15.4 Å². The third-order valence-electron chi connectivity index (χ3n) is 3.60. The van der Waals surface area contributed by atoms with Gasteiger partial charge in [0, 0.05) is 37.6 Å². The molecular weight excluding hydrogens is 306 g/mol. The van der Waals surface area contributed by atoms with Gasteiger partial charge in [0.1, 0.15) is 4.92 Å². The first-order valence-corrected chi connectivity index (χ1v) is 7.79. The number of hydrogen-bond donors (Lipinski definition) is 0. The lowest BCUT2D eigenvalue weighted by molar-refractivity contribution is -0.402. The summed E-state index contributed by atoms with van der Waals surface area (Å²) in [4.78, 5) is 27.5. The van der Waals surface area contributed by atoms with Crippen molar-refractivity contribution in [1.82, 2.24) is 9.80 Å². The smallest absolute Gasteiger partial charge is 0.395 e. The van der Waals surface area contributed by atoms with Gasteiger partial charge in [-0.2, -0.15) is 0 Å². The van der Waals surface area contributed by atoms with Crippen LogP contribution in [0.25, 0.3) is 0 Å². The van der Waals surface area contributed by atoms with Gasteiger partial charge < -0.3 is 9.32 Å². The summed E-state index contributed by atoms with van der Waals surface area (Å²) in [5, 5.41) is 12.6. The molecule has 0 aliphatic carbocycles. The number of carbonyl (C=O) groups excluding carboxylic acids is 1. The fourth-order valence-electron chi connectivity index (χ4n) is 2.43. The van der Waals surface area contributed by atoms with Crippen molar-refractivity contribution < 1.29 is 14.1 Å². The number of thiophene rings is 1. The Hall–Kier alpha value is -2.19. The van der Waals surface area contributed by atoms with Gasteiger partial charge in [0.2, 0.25) is 0 Å². The van der Waals surface area contributed by atoms with Crippen molar-refractivity contribution in [2.75, 3.05) is 26.2 Å². The lowest BCUT2D eigenvalue weighted by Crippen LogP contribution is -2.48. The molecular formula is C14H15N3O4S. The second-order valence-corrected chi connectivity index (χ2v) is 6.07. The number of piperazine rings is 1. The van der Waals surface area contributed by atoms with Crippen LogP contribution in [0.3, 0.4) is 0 Å². The Morgan fingerprint density at radius 2 is 2.05 bits per heavy atom. The molecule has 22 heavy (non-hydrogen) atoms. The van der Waals surface area contributed by atoms with Gasteiger partial charge in [-0.15, -0.1) is 11.3 Å². The fraction of sp³-hybridized carbons (Fsp3) is 0.357. The summed E-state index contributed by atoms with van der Waals surface area (Å²) in [5.41, 5.74) is 0. The highest BCUT2D eigenvalue weighted by atomic mass is 32.1. The average Bonchev–Trinajstić information content (AvgIpc) is 3.18. The maximum Gasteiger partial charge on any atom is 0.433 e. The molecule has 1 saturated heterocycles. The predicted molar refractivity (Wildman–Crippen MR) is 80.9 cm³/mol. The number of rotatable bonds is 4. The molecule has 0 unspecified atom stereocenters. The third kappa shape index (κ3) is 3.18. The third-order valence-corrected chi connectivity index (χ3v) is 4.46. The lowest BCUT2D eigenvalue weighted by atomic mass is 10.2. The van der Waals surface area contributed by atoms with Crippen molar-refractivity contribution in [1.29, 1.82) is 0 Å². The Morgan fingerprint density at radius 3 is 2.64 bits per heavy atom. The highest BCUT2D eigenvalue weighted by Gasteiger charge is 2.26. The summed E-state index contributed by atoms with van der Waals surface area (Å²) in [5.74, 6) is -0.665. The quantitative estimate of drug-likeness (QED) is 0.637. The SMILES string of the molecule is O=C(c1ccc([N+](=O)[O-])o1)N1CCN(Cc2cccs2)CC1. The highest BCUT2D eigenvalue weighted by Crippen LogP contribution is 2.19. The van der Waals surface area contributed by atoms with Gasteiger partial charge in [0.25, 0.3) is 5.91 Å². The van der Waals surface area contributed by atoms with E-state index in [9.17, 15) is 14.9 Å². The zero-order chi connectivity index (χ0) is 15.5. The minimum atomic E-state index is -0.643. The van der Waals surface area contributed by atoms with E-state index in [1.165, 1.54) is 17.0 Å². The molecule has 0 N–H and O–H groups in total. The first kappa shape index (κ1) is 14.7. The summed E-state index contributed by atoms with van der Waals surface area (Å²) in [7, 11) is 0. The van der Waals surface area contributed by atoms with Crippen LogP contribution >= 0.6 is 11.3 Å². The maximum absolute atomic E-state index is 12.3. The average molecular weight is 321 g/mol. The standard InChI is InChI=1S/C14H15N3O4S/c18-14(12-3-4-13(21-12)17(19)20)16-7-5-15(6-8-16)10-11-2-1-9-22-11/h1-4,9H,5-8,10H2. The summed E-state index contributed by atoms with van der Waals surface area (Å²) in [6.45, 7) is 3.65. The minimum absolute atomic E-state index is 0.0263. The molecule has 1 aliphatic heterocycles. The molecule has 1 aliphatic rings. The second-order valence-electron chi connectivity index (χ2n) is 5.04. The Morgan fingerprint density at radius 1 is 1.27 bits per heavy atom. The van der Waals surface area contributed by atoms with Gasteiger partial charge in [-0.25, -0.2) is 0 Å². The van der Waals surface area contributed by atoms with Crippen LogP contribution in [-0.2, 0) is 6.54 Å². The van der Waals surface area contributed by atoms with Crippen molar-refractivity contribution in [3.05, 3.63) is 50.4 Å². The zero-order valence-corrected chi connectivity index (χ0v) is 12.6. The van der Waals surface area contributed by atoms with Gasteiger partial charge in [0.05, 0.1) is 6.07 Å². The topological polar surface area (TPSA) is 79.8 Å². The van der Waals surface area contributed by atoms with E-state index in [0.29, 0.717) is 13.1 Å². The molecule has 2 aromatic heterocycles. The van der Waals surface area contributed by atoms with Gasteiger partial charge in [-0.1, -0.05) is 6.07 Å². The van der Waals surface area contributed by atoms with Crippen LogP contribution in [0.2, 0.25) is 0 Å². The number of carbonyl (C=O) groups is 1. The molecule has 0 saturated carbocycles. The van der Waals surface area contributed by atoms with Crippen molar-refractivity contribution in [2.45, 2.75) is 6.54 Å². The molecule has 0 bridgehead atoms. The second kappa shape index (κ2) is 6.29. The molecule has 0 aromatic carbocycles. The van der Waals surface area contributed by atoms with E-state index in [1.54, 1.807) is 16.2 Å². The number of hydrogen-bond acceptors (Lipinski definition) is 6. The number of furan rings is 1. The van der Waals surface area contributed by atoms with E-state index < -0.39 is 10.8 Å². The Bertz CT molecular complexity index is 659. The van der Waals surface area contributed by atoms with Gasteiger partial charge in [-0.05, 0) is 17.5 Å². The molecule has 0 radical (unpaired) electrons.